The van der Waals surface area contributed by atoms with Crippen LogP contribution in [0.2, 0.25) is 0 Å². The summed E-state index contributed by atoms with van der Waals surface area (Å²) in [4.78, 5) is 14.4. The van der Waals surface area contributed by atoms with Crippen LogP contribution in [0.1, 0.15) is 36.8 Å². The lowest BCUT2D eigenvalue weighted by Gasteiger charge is -2.33. The molecule has 0 bridgehead atoms. The van der Waals surface area contributed by atoms with Crippen molar-refractivity contribution in [3.05, 3.63) is 65.7 Å². The zero-order chi connectivity index (χ0) is 13.7. The highest BCUT2D eigenvalue weighted by atomic mass is 16.2. The average Bonchev–Trinajstić information content (AvgIpc) is 2.91. The maximum atomic E-state index is 12.3. The van der Waals surface area contributed by atoms with Gasteiger partial charge in [-0.15, -0.1) is 0 Å². The van der Waals surface area contributed by atoms with E-state index in [1.807, 2.05) is 17.0 Å². The highest BCUT2D eigenvalue weighted by Crippen LogP contribution is 2.55. The predicted molar refractivity (Wildman–Crippen MR) is 79.9 cm³/mol. The fourth-order valence-corrected chi connectivity index (χ4v) is 4.01. The van der Waals surface area contributed by atoms with Gasteiger partial charge in [-0.3, -0.25) is 4.79 Å². The zero-order valence-corrected chi connectivity index (χ0v) is 11.5. The third kappa shape index (κ3) is 1.36. The monoisotopic (exact) mass is 263 g/mol. The van der Waals surface area contributed by atoms with Gasteiger partial charge in [0, 0.05) is 18.0 Å². The smallest absolute Gasteiger partial charge is 0.227 e. The van der Waals surface area contributed by atoms with Crippen LogP contribution in [0.4, 0.5) is 5.69 Å². The molecule has 0 saturated carbocycles. The first kappa shape index (κ1) is 11.7. The number of benzene rings is 2. The largest absolute Gasteiger partial charge is 0.305 e. The lowest BCUT2D eigenvalue weighted by molar-refractivity contribution is -0.117. The maximum Gasteiger partial charge on any atom is 0.227 e. The molecule has 2 aromatic carbocycles. The number of hydrogen-bond acceptors (Lipinski definition) is 1. The molecular formula is C18H17NO. The second kappa shape index (κ2) is 3.95. The van der Waals surface area contributed by atoms with Crippen LogP contribution in [0.25, 0.3) is 0 Å². The lowest BCUT2D eigenvalue weighted by atomic mass is 9.78. The summed E-state index contributed by atoms with van der Waals surface area (Å²) in [6.45, 7) is 2.23. The van der Waals surface area contributed by atoms with E-state index < -0.39 is 0 Å². The molecule has 20 heavy (non-hydrogen) atoms. The van der Waals surface area contributed by atoms with Gasteiger partial charge in [0.25, 0.3) is 0 Å². The summed E-state index contributed by atoms with van der Waals surface area (Å²) in [6.07, 6.45) is 1.59. The summed E-state index contributed by atoms with van der Waals surface area (Å²) in [5.41, 5.74) is 3.59. The van der Waals surface area contributed by atoms with Crippen LogP contribution in [0.3, 0.4) is 0 Å². The summed E-state index contributed by atoms with van der Waals surface area (Å²) < 4.78 is 0. The van der Waals surface area contributed by atoms with Crippen molar-refractivity contribution in [3.63, 3.8) is 0 Å². The standard InChI is InChI=1S/C18H17NO/c1-18-12-11-16(20)19(18)15-10-6-5-9-14(15)17(18)13-7-3-2-4-8-13/h2-10,17H,11-12H2,1H3/t17-,18-/m1/s1. The fraction of sp³-hybridized carbons (Fsp3) is 0.278. The van der Waals surface area contributed by atoms with Gasteiger partial charge < -0.3 is 4.90 Å². The SMILES string of the molecule is C[C@]12CCC(=O)N1c1ccccc1[C@H]2c1ccccc1. The van der Waals surface area contributed by atoms with Gasteiger partial charge in [-0.2, -0.15) is 0 Å². The van der Waals surface area contributed by atoms with Gasteiger partial charge in [0.05, 0.1) is 5.54 Å². The van der Waals surface area contributed by atoms with Gasteiger partial charge in [-0.1, -0.05) is 48.5 Å². The van der Waals surface area contributed by atoms with E-state index in [9.17, 15) is 4.79 Å². The number of rotatable bonds is 1. The Hall–Kier alpha value is -2.09. The Labute approximate surface area is 119 Å². The molecule has 100 valence electrons. The molecule has 2 nitrogen and oxygen atoms in total. The first-order valence-corrected chi connectivity index (χ1v) is 7.19. The van der Waals surface area contributed by atoms with Gasteiger partial charge in [0.15, 0.2) is 0 Å². The van der Waals surface area contributed by atoms with E-state index in [4.69, 9.17) is 0 Å². The molecule has 0 unspecified atom stereocenters. The summed E-state index contributed by atoms with van der Waals surface area (Å²) in [5, 5.41) is 0. The van der Waals surface area contributed by atoms with E-state index in [1.165, 1.54) is 11.1 Å². The molecule has 2 aliphatic heterocycles. The third-order valence-electron chi connectivity index (χ3n) is 4.85. The van der Waals surface area contributed by atoms with Crippen LogP contribution in [0, 0.1) is 0 Å². The van der Waals surface area contributed by atoms with Gasteiger partial charge in [0.1, 0.15) is 0 Å². The highest BCUT2D eigenvalue weighted by molar-refractivity contribution is 6.00. The summed E-state index contributed by atoms with van der Waals surface area (Å²) in [7, 11) is 0. The van der Waals surface area contributed by atoms with Crippen molar-refractivity contribution in [1.82, 2.24) is 0 Å². The number of carbonyl (C=O) groups excluding carboxylic acids is 1. The van der Waals surface area contributed by atoms with Gasteiger partial charge in [-0.05, 0) is 30.5 Å². The molecule has 1 amide bonds. The second-order valence-electron chi connectivity index (χ2n) is 5.99. The number of hydrogen-bond donors (Lipinski definition) is 0. The lowest BCUT2D eigenvalue weighted by Crippen LogP contribution is -2.43. The molecule has 0 spiro atoms. The second-order valence-corrected chi connectivity index (χ2v) is 5.99. The number of para-hydroxylation sites is 1. The third-order valence-corrected chi connectivity index (χ3v) is 4.85. The Kier molecular flexibility index (Phi) is 2.31. The molecule has 1 fully saturated rings. The van der Waals surface area contributed by atoms with E-state index in [0.29, 0.717) is 6.42 Å². The minimum Gasteiger partial charge on any atom is -0.305 e. The summed E-state index contributed by atoms with van der Waals surface area (Å²) >= 11 is 0. The topological polar surface area (TPSA) is 20.3 Å². The summed E-state index contributed by atoms with van der Waals surface area (Å²) in [6, 6.07) is 18.9. The molecule has 2 aromatic rings. The quantitative estimate of drug-likeness (QED) is 0.768. The van der Waals surface area contributed by atoms with Crippen LogP contribution in [-0.2, 0) is 4.79 Å². The maximum absolute atomic E-state index is 12.3. The first-order chi connectivity index (χ1) is 9.72. The summed E-state index contributed by atoms with van der Waals surface area (Å²) in [5.74, 6) is 0.546. The molecule has 0 aliphatic carbocycles. The van der Waals surface area contributed by atoms with Crippen molar-refractivity contribution in [2.75, 3.05) is 4.90 Å². The van der Waals surface area contributed by atoms with Crippen LogP contribution in [0.5, 0.6) is 0 Å². The molecule has 2 aliphatic rings. The minimum atomic E-state index is -0.109. The van der Waals surface area contributed by atoms with Gasteiger partial charge >= 0.3 is 0 Å². The minimum absolute atomic E-state index is 0.109. The molecule has 0 N–H and O–H groups in total. The molecule has 0 radical (unpaired) electrons. The molecule has 2 heterocycles. The molecule has 4 rings (SSSR count). The Balaban J connectivity index is 1.96. The van der Waals surface area contributed by atoms with Crippen LogP contribution in [-0.4, -0.2) is 11.4 Å². The Bertz CT molecular complexity index is 679. The molecular weight excluding hydrogens is 246 g/mol. The van der Waals surface area contributed by atoms with E-state index in [0.717, 1.165) is 12.1 Å². The van der Waals surface area contributed by atoms with Crippen molar-refractivity contribution in [2.45, 2.75) is 31.2 Å². The number of anilines is 1. The van der Waals surface area contributed by atoms with Gasteiger partial charge in [-0.25, -0.2) is 0 Å². The Morgan fingerprint density at radius 3 is 2.55 bits per heavy atom. The predicted octanol–water partition coefficient (Wildman–Crippen LogP) is 3.72. The number of amides is 1. The first-order valence-electron chi connectivity index (χ1n) is 7.19. The Morgan fingerprint density at radius 2 is 1.75 bits per heavy atom. The van der Waals surface area contributed by atoms with Crippen molar-refractivity contribution < 1.29 is 4.79 Å². The number of fused-ring (bicyclic) bond motifs is 3. The molecule has 1 saturated heterocycles. The molecule has 2 heteroatoms. The van der Waals surface area contributed by atoms with Crippen molar-refractivity contribution in [2.24, 2.45) is 0 Å². The number of nitrogens with zero attached hydrogens (tertiary/aromatic N) is 1. The van der Waals surface area contributed by atoms with Crippen LogP contribution in [0.15, 0.2) is 54.6 Å². The van der Waals surface area contributed by atoms with Gasteiger partial charge in [0.2, 0.25) is 5.91 Å². The highest BCUT2D eigenvalue weighted by Gasteiger charge is 2.54. The van der Waals surface area contributed by atoms with Crippen molar-refractivity contribution >= 4 is 11.6 Å². The van der Waals surface area contributed by atoms with Crippen LogP contribution >= 0.6 is 0 Å². The van der Waals surface area contributed by atoms with E-state index >= 15 is 0 Å². The van der Waals surface area contributed by atoms with E-state index in [2.05, 4.69) is 49.4 Å². The van der Waals surface area contributed by atoms with Crippen LogP contribution < -0.4 is 4.90 Å². The van der Waals surface area contributed by atoms with Crippen molar-refractivity contribution in [3.8, 4) is 0 Å². The zero-order valence-electron chi connectivity index (χ0n) is 11.5. The average molecular weight is 263 g/mol. The molecule has 2 atom stereocenters. The Morgan fingerprint density at radius 1 is 1.05 bits per heavy atom. The normalized spacial score (nSPS) is 27.6. The van der Waals surface area contributed by atoms with E-state index in [-0.39, 0.29) is 17.4 Å². The van der Waals surface area contributed by atoms with Crippen molar-refractivity contribution in [1.29, 1.82) is 0 Å². The number of carbonyl (C=O) groups is 1. The molecule has 0 aromatic heterocycles. The fourth-order valence-electron chi connectivity index (χ4n) is 4.01. The van der Waals surface area contributed by atoms with E-state index in [1.54, 1.807) is 0 Å².